The number of benzene rings is 2. The SMILES string of the molecule is CN1Cc2cc(Nc3ncc4c(=O)n5n(c4n3)-c3ccc4c(c3)N(CCC/C=C\C5)CC(C)(C)O4)ccc2C2(CC2)C1. The fourth-order valence-electron chi connectivity index (χ4n) is 7.23. The highest BCUT2D eigenvalue weighted by Gasteiger charge is 2.48. The number of fused-ring (bicyclic) bond motifs is 7. The number of likely N-dealkylation sites (N-methyl/N-ethyl adjacent to an activating group) is 1. The largest absolute Gasteiger partial charge is 0.484 e. The van der Waals surface area contributed by atoms with Gasteiger partial charge in [0.25, 0.3) is 5.56 Å². The van der Waals surface area contributed by atoms with Gasteiger partial charge >= 0.3 is 0 Å². The van der Waals surface area contributed by atoms with E-state index in [1.807, 2.05) is 16.8 Å². The van der Waals surface area contributed by atoms with Crippen LogP contribution in [0.2, 0.25) is 0 Å². The quantitative estimate of drug-likeness (QED) is 0.339. The van der Waals surface area contributed by atoms with Gasteiger partial charge in [-0.2, -0.15) is 4.98 Å². The monoisotopic (exact) mass is 563 g/mol. The molecule has 8 rings (SSSR count). The third-order valence-electron chi connectivity index (χ3n) is 9.20. The second-order valence-corrected chi connectivity index (χ2v) is 13.1. The van der Waals surface area contributed by atoms with Crippen molar-refractivity contribution in [3.8, 4) is 11.4 Å². The second kappa shape index (κ2) is 9.19. The molecule has 4 aromatic rings. The van der Waals surface area contributed by atoms with Crippen LogP contribution in [0.1, 0.15) is 50.7 Å². The Morgan fingerprint density at radius 3 is 2.79 bits per heavy atom. The van der Waals surface area contributed by atoms with Gasteiger partial charge in [0.1, 0.15) is 16.7 Å². The third kappa shape index (κ3) is 4.21. The van der Waals surface area contributed by atoms with Gasteiger partial charge in [-0.1, -0.05) is 18.2 Å². The van der Waals surface area contributed by atoms with Crippen LogP contribution in [-0.4, -0.2) is 56.5 Å². The molecule has 1 N–H and O–H groups in total. The molecule has 5 heterocycles. The first-order valence-electron chi connectivity index (χ1n) is 15.1. The zero-order valence-electron chi connectivity index (χ0n) is 24.6. The molecule has 4 aliphatic rings. The molecule has 1 aliphatic carbocycles. The molecule has 1 saturated carbocycles. The van der Waals surface area contributed by atoms with Crippen molar-refractivity contribution in [2.24, 2.45) is 0 Å². The van der Waals surface area contributed by atoms with Crippen LogP contribution in [0.15, 0.2) is 59.5 Å². The molecule has 0 atom stereocenters. The number of allylic oxidation sites excluding steroid dienone is 2. The van der Waals surface area contributed by atoms with Gasteiger partial charge in [-0.3, -0.25) is 4.79 Å². The highest BCUT2D eigenvalue weighted by atomic mass is 16.5. The van der Waals surface area contributed by atoms with Crippen molar-refractivity contribution in [3.05, 3.63) is 76.2 Å². The van der Waals surface area contributed by atoms with Gasteiger partial charge in [-0.25, -0.2) is 14.3 Å². The third-order valence-corrected chi connectivity index (χ3v) is 9.20. The summed E-state index contributed by atoms with van der Waals surface area (Å²) in [7, 11) is 2.20. The first kappa shape index (κ1) is 25.6. The Hall–Kier alpha value is -4.11. The Kier molecular flexibility index (Phi) is 5.60. The summed E-state index contributed by atoms with van der Waals surface area (Å²) in [5, 5.41) is 3.93. The van der Waals surface area contributed by atoms with Gasteiger partial charge in [0, 0.05) is 36.9 Å². The van der Waals surface area contributed by atoms with Crippen molar-refractivity contribution in [1.82, 2.24) is 24.2 Å². The van der Waals surface area contributed by atoms with Crippen LogP contribution >= 0.6 is 0 Å². The topological polar surface area (TPSA) is 80.5 Å². The molecule has 3 aliphatic heterocycles. The van der Waals surface area contributed by atoms with E-state index in [9.17, 15) is 4.79 Å². The van der Waals surface area contributed by atoms with E-state index in [0.29, 0.717) is 28.9 Å². The lowest BCUT2D eigenvalue weighted by Gasteiger charge is -2.41. The van der Waals surface area contributed by atoms with Gasteiger partial charge in [0.15, 0.2) is 5.65 Å². The summed E-state index contributed by atoms with van der Waals surface area (Å²) in [5.41, 5.74) is 6.30. The van der Waals surface area contributed by atoms with Crippen LogP contribution < -0.4 is 20.5 Å². The summed E-state index contributed by atoms with van der Waals surface area (Å²) in [6, 6.07) is 12.8. The van der Waals surface area contributed by atoms with E-state index in [4.69, 9.17) is 9.72 Å². The molecule has 1 fully saturated rings. The normalized spacial score (nSPS) is 21.1. The molecule has 216 valence electrons. The summed E-state index contributed by atoms with van der Waals surface area (Å²) in [5.74, 6) is 1.34. The van der Waals surface area contributed by atoms with Crippen molar-refractivity contribution in [2.75, 3.05) is 36.9 Å². The molecule has 1 spiro atoms. The summed E-state index contributed by atoms with van der Waals surface area (Å²) in [4.78, 5) is 28.0. The van der Waals surface area contributed by atoms with E-state index >= 15 is 0 Å². The summed E-state index contributed by atoms with van der Waals surface area (Å²) in [6.07, 6.45) is 10.4. The van der Waals surface area contributed by atoms with Crippen LogP contribution in [0.25, 0.3) is 16.7 Å². The van der Waals surface area contributed by atoms with E-state index in [2.05, 4.69) is 77.4 Å². The van der Waals surface area contributed by atoms with Crippen LogP contribution in [0.3, 0.4) is 0 Å². The van der Waals surface area contributed by atoms with E-state index in [1.165, 1.54) is 24.0 Å². The number of anilines is 3. The molecular weight excluding hydrogens is 526 g/mol. The molecule has 2 aromatic heterocycles. The predicted octanol–water partition coefficient (Wildman–Crippen LogP) is 5.13. The highest BCUT2D eigenvalue weighted by molar-refractivity contribution is 5.78. The summed E-state index contributed by atoms with van der Waals surface area (Å²) in [6.45, 7) is 8.56. The Labute approximate surface area is 245 Å². The standard InChI is InChI=1S/C33H37N7O2/c1-32(2)20-38-14-6-4-5-7-15-39-30(41)25-18-34-31(36-29(25)40(39)24-9-11-28(42-32)27(38)17-24)35-23-8-10-26-22(16-23)19-37(3)21-33(26)12-13-33/h5,7-11,16-18H,4,6,12-15,19-21H2,1-3H3,(H,34,35,36)/b7-5-. The lowest BCUT2D eigenvalue weighted by atomic mass is 9.87. The fourth-order valence-corrected chi connectivity index (χ4v) is 7.23. The molecular formula is C33H37N7O2. The molecule has 2 bridgehead atoms. The molecule has 9 heteroatoms. The lowest BCUT2D eigenvalue weighted by molar-refractivity contribution is 0.105. The molecule has 0 amide bonds. The number of hydrogen-bond acceptors (Lipinski definition) is 7. The maximum atomic E-state index is 13.7. The second-order valence-electron chi connectivity index (χ2n) is 13.1. The Morgan fingerprint density at radius 2 is 1.93 bits per heavy atom. The van der Waals surface area contributed by atoms with Crippen LogP contribution in [0.4, 0.5) is 17.3 Å². The maximum absolute atomic E-state index is 13.7. The average Bonchev–Trinajstić information content (AvgIpc) is 3.65. The van der Waals surface area contributed by atoms with Crippen LogP contribution in [-0.2, 0) is 18.5 Å². The molecule has 0 unspecified atom stereocenters. The van der Waals surface area contributed by atoms with Gasteiger partial charge in [-0.05, 0) is 88.0 Å². The van der Waals surface area contributed by atoms with Crippen LogP contribution in [0, 0.1) is 0 Å². The number of aromatic nitrogens is 4. The van der Waals surface area contributed by atoms with E-state index in [1.54, 1.807) is 10.9 Å². The van der Waals surface area contributed by atoms with Gasteiger partial charge in [-0.15, -0.1) is 0 Å². The predicted molar refractivity (Wildman–Crippen MR) is 165 cm³/mol. The molecule has 2 aromatic carbocycles. The van der Waals surface area contributed by atoms with Crippen molar-refractivity contribution in [1.29, 1.82) is 0 Å². The average molecular weight is 564 g/mol. The van der Waals surface area contributed by atoms with Crippen LogP contribution in [0.5, 0.6) is 5.75 Å². The number of ether oxygens (including phenoxy) is 1. The van der Waals surface area contributed by atoms with Crippen molar-refractivity contribution < 1.29 is 4.74 Å². The van der Waals surface area contributed by atoms with E-state index in [0.717, 1.165) is 61.8 Å². The van der Waals surface area contributed by atoms with Gasteiger partial charge in [0.05, 0.1) is 24.5 Å². The maximum Gasteiger partial charge on any atom is 0.278 e. The number of hydrogen-bond donors (Lipinski definition) is 1. The highest BCUT2D eigenvalue weighted by Crippen LogP contribution is 2.52. The number of rotatable bonds is 2. The molecule has 0 saturated heterocycles. The van der Waals surface area contributed by atoms with Crippen molar-refractivity contribution in [2.45, 2.75) is 63.6 Å². The van der Waals surface area contributed by atoms with E-state index < -0.39 is 0 Å². The zero-order valence-corrected chi connectivity index (χ0v) is 24.6. The minimum absolute atomic E-state index is 0.100. The Morgan fingerprint density at radius 1 is 1.05 bits per heavy atom. The van der Waals surface area contributed by atoms with E-state index in [-0.39, 0.29) is 11.2 Å². The molecule has 9 nitrogen and oxygen atoms in total. The van der Waals surface area contributed by atoms with Gasteiger partial charge < -0.3 is 19.9 Å². The Bertz CT molecular complexity index is 1810. The first-order valence-corrected chi connectivity index (χ1v) is 15.1. The minimum atomic E-state index is -0.275. The smallest absolute Gasteiger partial charge is 0.278 e. The molecule has 0 radical (unpaired) electrons. The van der Waals surface area contributed by atoms with Crippen molar-refractivity contribution >= 4 is 28.4 Å². The fraction of sp³-hybridized carbons (Fsp3) is 0.424. The van der Waals surface area contributed by atoms with Gasteiger partial charge in [0.2, 0.25) is 5.95 Å². The Balaban J connectivity index is 1.22. The lowest BCUT2D eigenvalue weighted by Crippen LogP contribution is -2.47. The number of nitrogens with zero attached hydrogens (tertiary/aromatic N) is 6. The number of nitrogens with one attached hydrogen (secondary N) is 1. The van der Waals surface area contributed by atoms with Crippen molar-refractivity contribution in [3.63, 3.8) is 0 Å². The summed E-state index contributed by atoms with van der Waals surface area (Å²) >= 11 is 0. The first-order chi connectivity index (χ1) is 20.3. The molecule has 42 heavy (non-hydrogen) atoms. The summed E-state index contributed by atoms with van der Waals surface area (Å²) < 4.78 is 10.1. The minimum Gasteiger partial charge on any atom is -0.484 e. The zero-order chi connectivity index (χ0) is 28.6.